The number of carbonyl (C=O) groups is 2. The molecule has 0 aliphatic carbocycles. The van der Waals surface area contributed by atoms with E-state index >= 15 is 0 Å². The fourth-order valence-corrected chi connectivity index (χ4v) is 2.71. The Kier molecular flexibility index (Phi) is 4.76. The van der Waals surface area contributed by atoms with Crippen LogP contribution in [0.25, 0.3) is 11.1 Å². The zero-order chi connectivity index (χ0) is 19.1. The maximum absolute atomic E-state index is 14.2. The van der Waals surface area contributed by atoms with Gasteiger partial charge in [-0.2, -0.15) is 13.2 Å². The van der Waals surface area contributed by atoms with Gasteiger partial charge in [-0.1, -0.05) is 17.7 Å². The van der Waals surface area contributed by atoms with Gasteiger partial charge in [-0.05, 0) is 36.2 Å². The molecule has 9 heteroatoms. The van der Waals surface area contributed by atoms with Crippen LogP contribution in [0.5, 0.6) is 0 Å². The standard InChI is InChI=1S/C16H9ClF4O4/c1-6-9(5-10(14(22)23)13(17)12(6)15(24)25)8-3-2-7(4-11(8)18)16(19,20)21/h2-5H,1H3,(H,22,23)(H,24,25). The number of hydrogen-bond acceptors (Lipinski definition) is 2. The average Bonchev–Trinajstić information content (AvgIpc) is 2.46. The van der Waals surface area contributed by atoms with Crippen LogP contribution < -0.4 is 0 Å². The van der Waals surface area contributed by atoms with Crippen molar-refractivity contribution in [3.63, 3.8) is 0 Å². The van der Waals surface area contributed by atoms with E-state index in [1.54, 1.807) is 0 Å². The van der Waals surface area contributed by atoms with E-state index in [9.17, 15) is 32.3 Å². The van der Waals surface area contributed by atoms with Crippen LogP contribution in [0.4, 0.5) is 17.6 Å². The summed E-state index contributed by atoms with van der Waals surface area (Å²) in [6.45, 7) is 1.26. The molecule has 2 aromatic rings. The third-order valence-electron chi connectivity index (χ3n) is 3.55. The summed E-state index contributed by atoms with van der Waals surface area (Å²) >= 11 is 5.78. The lowest BCUT2D eigenvalue weighted by molar-refractivity contribution is -0.137. The van der Waals surface area contributed by atoms with Crippen molar-refractivity contribution in [1.29, 1.82) is 0 Å². The van der Waals surface area contributed by atoms with Crippen LogP contribution >= 0.6 is 11.6 Å². The number of halogens is 5. The molecule has 0 saturated heterocycles. The highest BCUT2D eigenvalue weighted by molar-refractivity contribution is 6.36. The number of carboxylic acid groups (broad SMARTS) is 2. The molecule has 0 aromatic heterocycles. The Hall–Kier alpha value is -2.61. The van der Waals surface area contributed by atoms with E-state index in [1.165, 1.54) is 6.92 Å². The molecule has 4 nitrogen and oxygen atoms in total. The second kappa shape index (κ2) is 6.36. The number of benzene rings is 2. The van der Waals surface area contributed by atoms with Crippen molar-refractivity contribution in [3.8, 4) is 11.1 Å². The van der Waals surface area contributed by atoms with E-state index in [0.29, 0.717) is 6.07 Å². The summed E-state index contributed by atoms with van der Waals surface area (Å²) in [6, 6.07) is 2.61. The van der Waals surface area contributed by atoms with Crippen molar-refractivity contribution in [2.75, 3.05) is 0 Å². The molecule has 0 unspecified atom stereocenters. The number of aromatic carboxylic acids is 2. The second-order valence-electron chi connectivity index (χ2n) is 5.09. The highest BCUT2D eigenvalue weighted by Crippen LogP contribution is 2.37. The minimum absolute atomic E-state index is 0.0684. The first-order chi connectivity index (χ1) is 11.4. The molecule has 132 valence electrons. The van der Waals surface area contributed by atoms with Gasteiger partial charge in [0, 0.05) is 5.56 Å². The lowest BCUT2D eigenvalue weighted by Gasteiger charge is -2.15. The number of hydrogen-bond donors (Lipinski definition) is 2. The van der Waals surface area contributed by atoms with E-state index < -0.39 is 45.6 Å². The van der Waals surface area contributed by atoms with Crippen LogP contribution in [-0.2, 0) is 6.18 Å². The Morgan fingerprint density at radius 3 is 2.08 bits per heavy atom. The van der Waals surface area contributed by atoms with Gasteiger partial charge < -0.3 is 10.2 Å². The van der Waals surface area contributed by atoms with Crippen LogP contribution in [0.3, 0.4) is 0 Å². The van der Waals surface area contributed by atoms with E-state index in [4.69, 9.17) is 16.7 Å². The molecule has 25 heavy (non-hydrogen) atoms. The first-order valence-electron chi connectivity index (χ1n) is 6.62. The third kappa shape index (κ3) is 3.43. The maximum Gasteiger partial charge on any atom is 0.416 e. The number of carboxylic acids is 2. The summed E-state index contributed by atoms with van der Waals surface area (Å²) in [7, 11) is 0. The van der Waals surface area contributed by atoms with Crippen molar-refractivity contribution in [1.82, 2.24) is 0 Å². The third-order valence-corrected chi connectivity index (χ3v) is 3.95. The molecule has 0 spiro atoms. The molecule has 0 fully saturated rings. The van der Waals surface area contributed by atoms with E-state index in [-0.39, 0.29) is 22.8 Å². The van der Waals surface area contributed by atoms with Crippen molar-refractivity contribution >= 4 is 23.5 Å². The first kappa shape index (κ1) is 18.7. The largest absolute Gasteiger partial charge is 0.478 e. The van der Waals surface area contributed by atoms with Gasteiger partial charge in [0.1, 0.15) is 5.82 Å². The molecule has 2 rings (SSSR count). The van der Waals surface area contributed by atoms with Gasteiger partial charge in [0.05, 0.1) is 21.7 Å². The van der Waals surface area contributed by atoms with Gasteiger partial charge in [-0.3, -0.25) is 0 Å². The number of rotatable bonds is 3. The maximum atomic E-state index is 14.2. The average molecular weight is 377 g/mol. The molecule has 2 aromatic carbocycles. The SMILES string of the molecule is Cc1c(-c2ccc(C(F)(F)F)cc2F)cc(C(=O)O)c(Cl)c1C(=O)O. The molecule has 0 amide bonds. The summed E-state index contributed by atoms with van der Waals surface area (Å²) < 4.78 is 52.1. The minimum atomic E-state index is -4.76. The fraction of sp³-hybridized carbons (Fsp3) is 0.125. The van der Waals surface area contributed by atoms with Crippen LogP contribution in [0.2, 0.25) is 5.02 Å². The lowest BCUT2D eigenvalue weighted by atomic mass is 9.92. The summed E-state index contributed by atoms with van der Waals surface area (Å²) in [5, 5.41) is 17.8. The Bertz CT molecular complexity index is 891. The molecule has 0 aliphatic rings. The molecule has 0 bridgehead atoms. The van der Waals surface area contributed by atoms with Gasteiger partial charge >= 0.3 is 18.1 Å². The fourth-order valence-electron chi connectivity index (χ4n) is 2.35. The highest BCUT2D eigenvalue weighted by atomic mass is 35.5. The van der Waals surface area contributed by atoms with E-state index in [2.05, 4.69) is 0 Å². The minimum Gasteiger partial charge on any atom is -0.478 e. The van der Waals surface area contributed by atoms with Crippen molar-refractivity contribution in [3.05, 3.63) is 57.4 Å². The highest BCUT2D eigenvalue weighted by Gasteiger charge is 2.32. The molecule has 2 N–H and O–H groups in total. The molecular weight excluding hydrogens is 368 g/mol. The van der Waals surface area contributed by atoms with Gasteiger partial charge in [0.25, 0.3) is 0 Å². The van der Waals surface area contributed by atoms with Crippen LogP contribution in [0, 0.1) is 12.7 Å². The summed E-state index contributed by atoms with van der Waals surface area (Å²) in [5.41, 5.74) is -2.99. The zero-order valence-corrected chi connectivity index (χ0v) is 13.2. The summed E-state index contributed by atoms with van der Waals surface area (Å²) in [6.07, 6.45) is -4.76. The predicted molar refractivity (Wildman–Crippen MR) is 80.5 cm³/mol. The number of alkyl halides is 3. The van der Waals surface area contributed by atoms with Gasteiger partial charge in [-0.25, -0.2) is 14.0 Å². The Morgan fingerprint density at radius 1 is 1.04 bits per heavy atom. The Morgan fingerprint density at radius 2 is 1.64 bits per heavy atom. The summed E-state index contributed by atoms with van der Waals surface area (Å²) in [4.78, 5) is 22.6. The van der Waals surface area contributed by atoms with Crippen LogP contribution in [-0.4, -0.2) is 22.2 Å². The quantitative estimate of drug-likeness (QED) is 0.749. The Labute approximate surface area is 143 Å². The van der Waals surface area contributed by atoms with E-state index in [0.717, 1.165) is 12.1 Å². The van der Waals surface area contributed by atoms with Crippen LogP contribution in [0.15, 0.2) is 24.3 Å². The van der Waals surface area contributed by atoms with Crippen molar-refractivity contribution in [2.45, 2.75) is 13.1 Å². The lowest BCUT2D eigenvalue weighted by Crippen LogP contribution is -2.09. The monoisotopic (exact) mass is 376 g/mol. The molecular formula is C16H9ClF4O4. The van der Waals surface area contributed by atoms with Crippen molar-refractivity contribution < 1.29 is 37.4 Å². The van der Waals surface area contributed by atoms with Gasteiger partial charge in [0.2, 0.25) is 0 Å². The Balaban J connectivity index is 2.80. The van der Waals surface area contributed by atoms with Gasteiger partial charge in [0.15, 0.2) is 0 Å². The molecule has 0 atom stereocenters. The smallest absolute Gasteiger partial charge is 0.416 e. The predicted octanol–water partition coefficient (Wildman–Crippen LogP) is 4.87. The van der Waals surface area contributed by atoms with Crippen LogP contribution in [0.1, 0.15) is 31.8 Å². The first-order valence-corrected chi connectivity index (χ1v) is 6.99. The van der Waals surface area contributed by atoms with Gasteiger partial charge in [-0.15, -0.1) is 0 Å². The summed E-state index contributed by atoms with van der Waals surface area (Å²) in [5.74, 6) is -4.37. The second-order valence-corrected chi connectivity index (χ2v) is 5.47. The zero-order valence-electron chi connectivity index (χ0n) is 12.4. The normalized spacial score (nSPS) is 11.4. The van der Waals surface area contributed by atoms with E-state index in [1.807, 2.05) is 0 Å². The molecule has 0 radical (unpaired) electrons. The molecule has 0 saturated carbocycles. The molecule has 0 heterocycles. The topological polar surface area (TPSA) is 74.6 Å². The molecule has 0 aliphatic heterocycles. The van der Waals surface area contributed by atoms with Crippen molar-refractivity contribution in [2.24, 2.45) is 0 Å².